The van der Waals surface area contributed by atoms with Crippen LogP contribution in [0.1, 0.15) is 31.9 Å². The van der Waals surface area contributed by atoms with Gasteiger partial charge in [-0.1, -0.05) is 38.5 Å². The van der Waals surface area contributed by atoms with E-state index in [1.54, 1.807) is 0 Å². The smallest absolute Gasteiger partial charge is 0.0216 e. The Morgan fingerprint density at radius 3 is 2.53 bits per heavy atom. The molecule has 0 heterocycles. The molecule has 1 N–H and O–H groups in total. The van der Waals surface area contributed by atoms with Crippen molar-refractivity contribution >= 4 is 11.8 Å². The van der Waals surface area contributed by atoms with Gasteiger partial charge in [-0.25, -0.2) is 0 Å². The normalized spacial score (nSPS) is 11.2. The van der Waals surface area contributed by atoms with Crippen LogP contribution < -0.4 is 5.32 Å². The minimum atomic E-state index is 0.978. The highest BCUT2D eigenvalue weighted by Gasteiger charge is 2.05. The highest BCUT2D eigenvalue weighted by atomic mass is 32.2. The maximum absolute atomic E-state index is 3.43. The number of hydrogen-bond acceptors (Lipinski definition) is 3. The number of nitrogens with one attached hydrogen (secondary N) is 1. The van der Waals surface area contributed by atoms with Gasteiger partial charge in [-0.15, -0.1) is 11.8 Å². The van der Waals surface area contributed by atoms with Crippen molar-refractivity contribution in [2.24, 2.45) is 0 Å². The summed E-state index contributed by atoms with van der Waals surface area (Å²) >= 11 is 1.98. The molecule has 0 unspecified atom stereocenters. The van der Waals surface area contributed by atoms with Crippen molar-refractivity contribution in [1.82, 2.24) is 10.2 Å². The Labute approximate surface area is 123 Å². The second kappa shape index (κ2) is 9.40. The van der Waals surface area contributed by atoms with Gasteiger partial charge >= 0.3 is 0 Å². The first-order valence-electron chi connectivity index (χ1n) is 7.36. The second-order valence-electron chi connectivity index (χ2n) is 4.77. The minimum Gasteiger partial charge on any atom is -0.313 e. The number of aryl methyl sites for hydroxylation is 1. The molecule has 0 aromatic heterocycles. The molecule has 0 spiro atoms. The number of nitrogens with zero attached hydrogens (tertiary/aromatic N) is 1. The zero-order chi connectivity index (χ0) is 14.1. The number of hydrogen-bond donors (Lipinski definition) is 1. The first kappa shape index (κ1) is 16.5. The van der Waals surface area contributed by atoms with Crippen LogP contribution in [0, 0.1) is 6.92 Å². The predicted molar refractivity (Wildman–Crippen MR) is 87.1 cm³/mol. The Bertz CT molecular complexity index is 362. The standard InChI is InChI=1S/C16H28N2S/c1-5-17-13-15-12-14(4)8-9-16(15)19-11-10-18(6-2)7-3/h8-9,12,17H,5-7,10-11,13H2,1-4H3. The van der Waals surface area contributed by atoms with Crippen molar-refractivity contribution in [1.29, 1.82) is 0 Å². The lowest BCUT2D eigenvalue weighted by Gasteiger charge is -2.18. The third kappa shape index (κ3) is 5.98. The molecule has 1 aromatic rings. The molecule has 0 saturated carbocycles. The Morgan fingerprint density at radius 1 is 1.16 bits per heavy atom. The SMILES string of the molecule is CCNCc1cc(C)ccc1SCCN(CC)CC. The van der Waals surface area contributed by atoms with Gasteiger partial charge in [-0.05, 0) is 38.2 Å². The summed E-state index contributed by atoms with van der Waals surface area (Å²) in [5.41, 5.74) is 2.78. The van der Waals surface area contributed by atoms with Crippen molar-refractivity contribution in [3.8, 4) is 0 Å². The van der Waals surface area contributed by atoms with E-state index < -0.39 is 0 Å². The van der Waals surface area contributed by atoms with Crippen LogP contribution >= 0.6 is 11.8 Å². The van der Waals surface area contributed by atoms with Crippen molar-refractivity contribution in [2.75, 3.05) is 31.9 Å². The van der Waals surface area contributed by atoms with Gasteiger partial charge in [-0.2, -0.15) is 0 Å². The van der Waals surface area contributed by atoms with Gasteiger partial charge in [0, 0.05) is 23.7 Å². The van der Waals surface area contributed by atoms with E-state index in [1.807, 2.05) is 11.8 Å². The quantitative estimate of drug-likeness (QED) is 0.697. The minimum absolute atomic E-state index is 0.978. The molecule has 0 atom stereocenters. The van der Waals surface area contributed by atoms with Crippen LogP contribution in [0.5, 0.6) is 0 Å². The van der Waals surface area contributed by atoms with Gasteiger partial charge in [0.15, 0.2) is 0 Å². The summed E-state index contributed by atoms with van der Waals surface area (Å²) in [5, 5.41) is 3.43. The van der Waals surface area contributed by atoms with E-state index in [-0.39, 0.29) is 0 Å². The molecule has 108 valence electrons. The summed E-state index contributed by atoms with van der Waals surface area (Å²) in [5.74, 6) is 1.17. The monoisotopic (exact) mass is 280 g/mol. The first-order valence-corrected chi connectivity index (χ1v) is 8.35. The third-order valence-corrected chi connectivity index (χ3v) is 4.44. The lowest BCUT2D eigenvalue weighted by Crippen LogP contribution is -2.25. The average Bonchev–Trinajstić information content (AvgIpc) is 2.43. The third-order valence-electron chi connectivity index (χ3n) is 3.34. The first-order chi connectivity index (χ1) is 9.21. The molecule has 0 saturated heterocycles. The molecule has 3 heteroatoms. The van der Waals surface area contributed by atoms with E-state index in [1.165, 1.54) is 28.3 Å². The maximum Gasteiger partial charge on any atom is 0.0216 e. The van der Waals surface area contributed by atoms with Crippen LogP contribution in [-0.4, -0.2) is 36.8 Å². The van der Waals surface area contributed by atoms with Crippen LogP contribution in [0.3, 0.4) is 0 Å². The van der Waals surface area contributed by atoms with Crippen LogP contribution in [0.25, 0.3) is 0 Å². The molecular formula is C16H28N2S. The highest BCUT2D eigenvalue weighted by Crippen LogP contribution is 2.24. The molecular weight excluding hydrogens is 252 g/mol. The molecule has 0 aliphatic rings. The maximum atomic E-state index is 3.43. The fraction of sp³-hybridized carbons (Fsp3) is 0.625. The van der Waals surface area contributed by atoms with Crippen molar-refractivity contribution < 1.29 is 0 Å². The van der Waals surface area contributed by atoms with Crippen LogP contribution in [-0.2, 0) is 6.54 Å². The van der Waals surface area contributed by atoms with Crippen LogP contribution in [0.2, 0.25) is 0 Å². The zero-order valence-electron chi connectivity index (χ0n) is 12.8. The summed E-state index contributed by atoms with van der Waals surface area (Å²) in [4.78, 5) is 3.91. The number of benzene rings is 1. The van der Waals surface area contributed by atoms with Gasteiger partial charge in [-0.3, -0.25) is 0 Å². The van der Waals surface area contributed by atoms with Gasteiger partial charge in [0.2, 0.25) is 0 Å². The number of thioether (sulfide) groups is 1. The van der Waals surface area contributed by atoms with Gasteiger partial charge in [0.1, 0.15) is 0 Å². The zero-order valence-corrected chi connectivity index (χ0v) is 13.6. The molecule has 0 aliphatic heterocycles. The lowest BCUT2D eigenvalue weighted by molar-refractivity contribution is 0.324. The Morgan fingerprint density at radius 2 is 1.89 bits per heavy atom. The molecule has 0 radical (unpaired) electrons. The highest BCUT2D eigenvalue weighted by molar-refractivity contribution is 7.99. The van der Waals surface area contributed by atoms with Crippen molar-refractivity contribution in [2.45, 2.75) is 39.1 Å². The largest absolute Gasteiger partial charge is 0.313 e. The van der Waals surface area contributed by atoms with Crippen LogP contribution in [0.4, 0.5) is 0 Å². The summed E-state index contributed by atoms with van der Waals surface area (Å²) in [6.45, 7) is 14.3. The van der Waals surface area contributed by atoms with E-state index >= 15 is 0 Å². The van der Waals surface area contributed by atoms with Crippen LogP contribution in [0.15, 0.2) is 23.1 Å². The summed E-state index contributed by atoms with van der Waals surface area (Å²) < 4.78 is 0. The molecule has 2 nitrogen and oxygen atoms in total. The Hall–Kier alpha value is -0.510. The average molecular weight is 280 g/mol. The molecule has 0 bridgehead atoms. The van der Waals surface area contributed by atoms with Crippen molar-refractivity contribution in [3.05, 3.63) is 29.3 Å². The number of rotatable bonds is 9. The molecule has 0 amide bonds. The second-order valence-corrected chi connectivity index (χ2v) is 5.90. The fourth-order valence-electron chi connectivity index (χ4n) is 2.07. The fourth-order valence-corrected chi connectivity index (χ4v) is 3.12. The molecule has 19 heavy (non-hydrogen) atoms. The van der Waals surface area contributed by atoms with Gasteiger partial charge < -0.3 is 10.2 Å². The summed E-state index contributed by atoms with van der Waals surface area (Å²) in [7, 11) is 0. The molecule has 1 rings (SSSR count). The Balaban J connectivity index is 2.56. The van der Waals surface area contributed by atoms with E-state index in [0.29, 0.717) is 0 Å². The molecule has 0 aliphatic carbocycles. The van der Waals surface area contributed by atoms with E-state index in [9.17, 15) is 0 Å². The lowest BCUT2D eigenvalue weighted by atomic mass is 10.1. The topological polar surface area (TPSA) is 15.3 Å². The predicted octanol–water partition coefficient (Wildman–Crippen LogP) is 3.54. The van der Waals surface area contributed by atoms with Gasteiger partial charge in [0.25, 0.3) is 0 Å². The molecule has 1 aromatic carbocycles. The molecule has 0 fully saturated rings. The van der Waals surface area contributed by atoms with E-state index in [0.717, 1.165) is 26.2 Å². The van der Waals surface area contributed by atoms with Gasteiger partial charge in [0.05, 0.1) is 0 Å². The summed E-state index contributed by atoms with van der Waals surface area (Å²) in [6, 6.07) is 6.80. The Kier molecular flexibility index (Phi) is 8.19. The summed E-state index contributed by atoms with van der Waals surface area (Å²) in [6.07, 6.45) is 0. The van der Waals surface area contributed by atoms with E-state index in [2.05, 4.69) is 56.1 Å². The van der Waals surface area contributed by atoms with Crippen molar-refractivity contribution in [3.63, 3.8) is 0 Å². The van der Waals surface area contributed by atoms with E-state index in [4.69, 9.17) is 0 Å².